The molecule has 0 spiro atoms. The van der Waals surface area contributed by atoms with E-state index in [4.69, 9.17) is 14.7 Å². The number of carbonyl (C=O) groups excluding carboxylic acids is 2. The fourth-order valence-corrected chi connectivity index (χ4v) is 6.13. The second-order valence-electron chi connectivity index (χ2n) is 11.1. The second kappa shape index (κ2) is 12.9. The van der Waals surface area contributed by atoms with Gasteiger partial charge in [0.1, 0.15) is 23.9 Å². The lowest BCUT2D eigenvalue weighted by Crippen LogP contribution is -2.37. The third-order valence-electron chi connectivity index (χ3n) is 8.27. The SMILES string of the molecule is COc1ccc([C@H]2C(C(=O)Nc3ccccn3)=C(C)NC3=C2C(=O)C[C@H](c2ccccc2)C3)cc1COc1ccc(C#N)cc1. The van der Waals surface area contributed by atoms with Crippen molar-refractivity contribution in [2.24, 2.45) is 0 Å². The molecule has 2 N–H and O–H groups in total. The highest BCUT2D eigenvalue weighted by atomic mass is 16.5. The van der Waals surface area contributed by atoms with Gasteiger partial charge in [-0.05, 0) is 78.9 Å². The highest BCUT2D eigenvalue weighted by molar-refractivity contribution is 6.09. The molecule has 0 radical (unpaired) electrons. The summed E-state index contributed by atoms with van der Waals surface area (Å²) in [5, 5.41) is 15.5. The highest BCUT2D eigenvalue weighted by Crippen LogP contribution is 2.46. The van der Waals surface area contributed by atoms with Crippen LogP contribution >= 0.6 is 0 Å². The van der Waals surface area contributed by atoms with Crippen LogP contribution in [0.25, 0.3) is 0 Å². The van der Waals surface area contributed by atoms with Crippen molar-refractivity contribution in [2.75, 3.05) is 12.4 Å². The number of amides is 1. The molecule has 8 nitrogen and oxygen atoms in total. The van der Waals surface area contributed by atoms with Gasteiger partial charge in [-0.15, -0.1) is 0 Å². The van der Waals surface area contributed by atoms with Crippen molar-refractivity contribution in [3.8, 4) is 17.6 Å². The molecule has 1 aliphatic heterocycles. The summed E-state index contributed by atoms with van der Waals surface area (Å²) in [7, 11) is 1.59. The maximum absolute atomic E-state index is 14.1. The lowest BCUT2D eigenvalue weighted by molar-refractivity contribution is -0.116. The first-order chi connectivity index (χ1) is 21.9. The van der Waals surface area contributed by atoms with Gasteiger partial charge < -0.3 is 20.1 Å². The predicted molar refractivity (Wildman–Crippen MR) is 170 cm³/mol. The van der Waals surface area contributed by atoms with E-state index in [0.717, 1.165) is 22.4 Å². The monoisotopic (exact) mass is 596 g/mol. The molecule has 0 fully saturated rings. The fourth-order valence-electron chi connectivity index (χ4n) is 6.13. The number of nitriles is 1. The van der Waals surface area contributed by atoms with Crippen LogP contribution in [-0.2, 0) is 16.2 Å². The maximum Gasteiger partial charge on any atom is 0.255 e. The van der Waals surface area contributed by atoms with Crippen LogP contribution in [0.5, 0.6) is 11.5 Å². The van der Waals surface area contributed by atoms with E-state index < -0.39 is 5.92 Å². The number of rotatable bonds is 8. The number of ether oxygens (including phenoxy) is 2. The molecule has 2 atom stereocenters. The Hall–Kier alpha value is -5.68. The number of pyridine rings is 1. The van der Waals surface area contributed by atoms with Crippen LogP contribution in [-0.4, -0.2) is 23.8 Å². The van der Waals surface area contributed by atoms with Gasteiger partial charge in [0.15, 0.2) is 5.78 Å². The minimum Gasteiger partial charge on any atom is -0.496 e. The molecule has 1 aromatic heterocycles. The Labute approximate surface area is 262 Å². The quantitative estimate of drug-likeness (QED) is 0.237. The maximum atomic E-state index is 14.1. The zero-order valence-electron chi connectivity index (χ0n) is 25.0. The van der Waals surface area contributed by atoms with Gasteiger partial charge in [-0.3, -0.25) is 9.59 Å². The largest absolute Gasteiger partial charge is 0.496 e. The lowest BCUT2D eigenvalue weighted by Gasteiger charge is -2.37. The van der Waals surface area contributed by atoms with E-state index in [2.05, 4.69) is 33.8 Å². The number of carbonyl (C=O) groups is 2. The molecule has 224 valence electrons. The van der Waals surface area contributed by atoms with Gasteiger partial charge in [-0.1, -0.05) is 42.5 Å². The number of Topliss-reactive ketones (excluding diaryl/α,β-unsaturated/α-hetero) is 1. The molecule has 4 aromatic rings. The molecule has 6 rings (SSSR count). The topological polar surface area (TPSA) is 113 Å². The predicted octanol–water partition coefficient (Wildman–Crippen LogP) is 6.54. The van der Waals surface area contributed by atoms with Crippen LogP contribution in [0.4, 0.5) is 5.82 Å². The molecule has 1 aliphatic carbocycles. The Morgan fingerprint density at radius 2 is 1.78 bits per heavy atom. The van der Waals surface area contributed by atoms with E-state index in [9.17, 15) is 9.59 Å². The van der Waals surface area contributed by atoms with Gasteiger partial charge in [0.25, 0.3) is 5.91 Å². The van der Waals surface area contributed by atoms with Crippen LogP contribution in [0.3, 0.4) is 0 Å². The number of hydrogen-bond donors (Lipinski definition) is 2. The molecule has 45 heavy (non-hydrogen) atoms. The van der Waals surface area contributed by atoms with Crippen molar-refractivity contribution in [2.45, 2.75) is 38.2 Å². The van der Waals surface area contributed by atoms with E-state index in [1.54, 1.807) is 55.8 Å². The van der Waals surface area contributed by atoms with Crippen molar-refractivity contribution >= 4 is 17.5 Å². The Balaban J connectivity index is 1.40. The van der Waals surface area contributed by atoms with Crippen molar-refractivity contribution in [1.29, 1.82) is 5.26 Å². The summed E-state index contributed by atoms with van der Waals surface area (Å²) in [6.45, 7) is 2.06. The smallest absolute Gasteiger partial charge is 0.255 e. The number of hydrogen-bond acceptors (Lipinski definition) is 7. The average molecular weight is 597 g/mol. The van der Waals surface area contributed by atoms with Gasteiger partial charge in [-0.2, -0.15) is 5.26 Å². The normalized spacial score (nSPS) is 17.6. The zero-order valence-corrected chi connectivity index (χ0v) is 25.0. The van der Waals surface area contributed by atoms with Crippen molar-refractivity contribution < 1.29 is 19.1 Å². The third-order valence-corrected chi connectivity index (χ3v) is 8.27. The Bertz CT molecular complexity index is 1840. The molecule has 0 saturated carbocycles. The molecular weight excluding hydrogens is 564 g/mol. The first-order valence-corrected chi connectivity index (χ1v) is 14.8. The van der Waals surface area contributed by atoms with Gasteiger partial charge in [0, 0.05) is 46.6 Å². The van der Waals surface area contributed by atoms with Crippen LogP contribution in [0, 0.1) is 11.3 Å². The summed E-state index contributed by atoms with van der Waals surface area (Å²) >= 11 is 0. The summed E-state index contributed by atoms with van der Waals surface area (Å²) in [4.78, 5) is 32.3. The zero-order chi connectivity index (χ0) is 31.3. The second-order valence-corrected chi connectivity index (χ2v) is 11.1. The van der Waals surface area contributed by atoms with E-state index in [-0.39, 0.29) is 24.2 Å². The molecule has 2 aliphatic rings. The summed E-state index contributed by atoms with van der Waals surface area (Å²) in [5.74, 6) is 0.738. The first-order valence-electron chi connectivity index (χ1n) is 14.8. The van der Waals surface area contributed by atoms with Gasteiger partial charge in [0.2, 0.25) is 0 Å². The summed E-state index contributed by atoms with van der Waals surface area (Å²) in [6, 6.07) is 30.1. The summed E-state index contributed by atoms with van der Waals surface area (Å²) in [5.41, 5.74) is 5.76. The number of nitrogens with one attached hydrogen (secondary N) is 2. The Morgan fingerprint density at radius 1 is 1.00 bits per heavy atom. The molecule has 0 unspecified atom stereocenters. The number of ketones is 1. The first kappa shape index (κ1) is 29.4. The van der Waals surface area contributed by atoms with Gasteiger partial charge in [-0.25, -0.2) is 4.98 Å². The standard InChI is InChI=1S/C37H32N4O4/c1-23-34(37(43)41-33-10-6-7-17-39-33)35(36-30(40-23)19-27(20-31(36)42)25-8-4-3-5-9-25)26-13-16-32(44-2)28(18-26)22-45-29-14-11-24(21-38)12-15-29/h3-18,27,35,40H,19-20,22H2,1-2H3,(H,39,41,43)/t27-,35+/m1/s1. The van der Waals surface area contributed by atoms with Crippen molar-refractivity contribution in [1.82, 2.24) is 10.3 Å². The highest BCUT2D eigenvalue weighted by Gasteiger charge is 2.41. The number of nitrogens with zero attached hydrogens (tertiary/aromatic N) is 2. The molecule has 2 heterocycles. The average Bonchev–Trinajstić information content (AvgIpc) is 3.07. The lowest BCUT2D eigenvalue weighted by atomic mass is 9.71. The van der Waals surface area contributed by atoms with E-state index in [1.807, 2.05) is 43.3 Å². The number of allylic oxidation sites excluding steroid dienone is 3. The number of benzene rings is 3. The van der Waals surface area contributed by atoms with Crippen molar-refractivity contribution in [3.63, 3.8) is 0 Å². The van der Waals surface area contributed by atoms with Crippen LogP contribution in [0.15, 0.2) is 120 Å². The van der Waals surface area contributed by atoms with Crippen molar-refractivity contribution in [3.05, 3.63) is 142 Å². The molecule has 1 amide bonds. The van der Waals surface area contributed by atoms with Crippen LogP contribution in [0.2, 0.25) is 0 Å². The van der Waals surface area contributed by atoms with E-state index in [0.29, 0.717) is 52.6 Å². The van der Waals surface area contributed by atoms with Gasteiger partial charge in [0.05, 0.1) is 18.7 Å². The number of dihydropyridines is 1. The Kier molecular flexibility index (Phi) is 8.43. The molecular formula is C37H32N4O4. The van der Waals surface area contributed by atoms with E-state index in [1.165, 1.54) is 0 Å². The number of methoxy groups -OCH3 is 1. The number of aromatic nitrogens is 1. The summed E-state index contributed by atoms with van der Waals surface area (Å²) in [6.07, 6.45) is 2.62. The van der Waals surface area contributed by atoms with E-state index >= 15 is 0 Å². The molecule has 8 heteroatoms. The third kappa shape index (κ3) is 6.20. The van der Waals surface area contributed by atoms with Crippen LogP contribution < -0.4 is 20.1 Å². The fraction of sp³-hybridized carbons (Fsp3) is 0.189. The minimum absolute atomic E-state index is 0.00411. The number of anilines is 1. The molecule has 3 aromatic carbocycles. The summed E-state index contributed by atoms with van der Waals surface area (Å²) < 4.78 is 11.7. The molecule has 0 bridgehead atoms. The van der Waals surface area contributed by atoms with Gasteiger partial charge >= 0.3 is 0 Å². The minimum atomic E-state index is -0.617. The Morgan fingerprint density at radius 3 is 2.49 bits per heavy atom. The molecule has 0 saturated heterocycles. The van der Waals surface area contributed by atoms with Crippen LogP contribution in [0.1, 0.15) is 53.9 Å².